The molecule has 37 heavy (non-hydrogen) atoms. The molecule has 2 amide bonds. The minimum Gasteiger partial charge on any atom is -0.497 e. The monoisotopic (exact) mass is 573 g/mol. The fraction of sp³-hybridized carbons (Fsp3) is 0.440. The van der Waals surface area contributed by atoms with Gasteiger partial charge in [0, 0.05) is 18.7 Å². The van der Waals surface area contributed by atoms with Crippen molar-refractivity contribution in [2.45, 2.75) is 45.8 Å². The van der Waals surface area contributed by atoms with E-state index in [1.54, 1.807) is 37.3 Å². The summed E-state index contributed by atoms with van der Waals surface area (Å²) in [6.07, 6.45) is 1.69. The number of amides is 2. The van der Waals surface area contributed by atoms with Crippen LogP contribution >= 0.6 is 23.2 Å². The summed E-state index contributed by atoms with van der Waals surface area (Å²) < 4.78 is 37.2. The zero-order chi connectivity index (χ0) is 27.9. The Kier molecular flexibility index (Phi) is 10.9. The predicted molar refractivity (Wildman–Crippen MR) is 146 cm³/mol. The number of hydrogen-bond donors (Lipinski definition) is 1. The molecule has 0 aliphatic rings. The number of carbonyl (C=O) groups excluding carboxylic acids is 2. The Morgan fingerprint density at radius 1 is 1.03 bits per heavy atom. The van der Waals surface area contributed by atoms with E-state index >= 15 is 0 Å². The Morgan fingerprint density at radius 3 is 2.24 bits per heavy atom. The predicted octanol–water partition coefficient (Wildman–Crippen LogP) is 4.11. The topological polar surface area (TPSA) is 105 Å². The van der Waals surface area contributed by atoms with E-state index in [0.29, 0.717) is 27.8 Å². The molecule has 204 valence electrons. The fourth-order valence-electron chi connectivity index (χ4n) is 3.47. The Morgan fingerprint density at radius 2 is 1.70 bits per heavy atom. The van der Waals surface area contributed by atoms with E-state index in [0.717, 1.165) is 10.6 Å². The van der Waals surface area contributed by atoms with Gasteiger partial charge in [-0.3, -0.25) is 13.9 Å². The molecule has 0 fully saturated rings. The van der Waals surface area contributed by atoms with Gasteiger partial charge in [0.1, 0.15) is 24.1 Å². The van der Waals surface area contributed by atoms with Gasteiger partial charge < -0.3 is 19.7 Å². The number of hydrogen-bond acceptors (Lipinski definition) is 6. The lowest BCUT2D eigenvalue weighted by Gasteiger charge is -2.32. The molecule has 2 aromatic rings. The quantitative estimate of drug-likeness (QED) is 0.409. The van der Waals surface area contributed by atoms with Crippen molar-refractivity contribution in [3.63, 3.8) is 0 Å². The molecule has 2 aromatic carbocycles. The number of anilines is 1. The number of sulfonamides is 1. The molecule has 2 atom stereocenters. The largest absolute Gasteiger partial charge is 0.497 e. The minimum atomic E-state index is -3.95. The molecule has 0 aliphatic heterocycles. The Bertz CT molecular complexity index is 1220. The molecule has 0 bridgehead atoms. The van der Waals surface area contributed by atoms with Crippen molar-refractivity contribution in [3.8, 4) is 11.5 Å². The van der Waals surface area contributed by atoms with Crippen LogP contribution in [0.25, 0.3) is 0 Å². The molecule has 9 nitrogen and oxygen atoms in total. The number of nitrogens with zero attached hydrogens (tertiary/aromatic N) is 2. The Balaban J connectivity index is 2.50. The van der Waals surface area contributed by atoms with E-state index in [1.165, 1.54) is 25.2 Å². The van der Waals surface area contributed by atoms with Crippen molar-refractivity contribution >= 4 is 50.7 Å². The standard InChI is InChI=1S/C25H33Cl2N3O6S/c1-7-16(2)28-25(32)17(3)29(14-18-8-10-20(26)21(27)12-18)24(31)15-30(37(6,33)34)22-13-19(35-4)9-11-23(22)36-5/h8-13,16-17H,7,14-15H2,1-6H3,(H,28,32). The van der Waals surface area contributed by atoms with Gasteiger partial charge >= 0.3 is 0 Å². The summed E-state index contributed by atoms with van der Waals surface area (Å²) in [7, 11) is -1.11. The van der Waals surface area contributed by atoms with Gasteiger partial charge in [0.15, 0.2) is 0 Å². The molecule has 1 N–H and O–H groups in total. The number of halogens is 2. The first-order chi connectivity index (χ1) is 17.3. The van der Waals surface area contributed by atoms with Crippen LogP contribution in [0.3, 0.4) is 0 Å². The second-order valence-corrected chi connectivity index (χ2v) is 11.3. The summed E-state index contributed by atoms with van der Waals surface area (Å²) in [5.74, 6) is -0.357. The highest BCUT2D eigenvalue weighted by Gasteiger charge is 2.31. The van der Waals surface area contributed by atoms with Gasteiger partial charge in [0.2, 0.25) is 21.8 Å². The highest BCUT2D eigenvalue weighted by molar-refractivity contribution is 7.92. The van der Waals surface area contributed by atoms with Crippen LogP contribution in [0.4, 0.5) is 5.69 Å². The van der Waals surface area contributed by atoms with E-state index in [-0.39, 0.29) is 29.9 Å². The van der Waals surface area contributed by atoms with Crippen molar-refractivity contribution in [2.75, 3.05) is 31.3 Å². The van der Waals surface area contributed by atoms with Crippen molar-refractivity contribution in [3.05, 3.63) is 52.0 Å². The first kappa shape index (κ1) is 30.5. The zero-order valence-electron chi connectivity index (χ0n) is 21.7. The molecule has 0 spiro atoms. The molecule has 0 saturated carbocycles. The smallest absolute Gasteiger partial charge is 0.244 e. The van der Waals surface area contributed by atoms with E-state index in [2.05, 4.69) is 5.32 Å². The number of methoxy groups -OCH3 is 2. The van der Waals surface area contributed by atoms with Gasteiger partial charge in [-0.25, -0.2) is 8.42 Å². The molecular formula is C25H33Cl2N3O6S. The van der Waals surface area contributed by atoms with Crippen LogP contribution in [0.15, 0.2) is 36.4 Å². The lowest BCUT2D eigenvalue weighted by molar-refractivity contribution is -0.139. The third-order valence-electron chi connectivity index (χ3n) is 5.84. The van der Waals surface area contributed by atoms with Crippen molar-refractivity contribution < 1.29 is 27.5 Å². The zero-order valence-corrected chi connectivity index (χ0v) is 24.1. The second kappa shape index (κ2) is 13.2. The third-order valence-corrected chi connectivity index (χ3v) is 7.70. The Labute approximate surface area is 228 Å². The molecule has 0 saturated heterocycles. The average Bonchev–Trinajstić information content (AvgIpc) is 2.85. The highest BCUT2D eigenvalue weighted by atomic mass is 35.5. The molecule has 0 aromatic heterocycles. The van der Waals surface area contributed by atoms with Crippen molar-refractivity contribution in [1.29, 1.82) is 0 Å². The lowest BCUT2D eigenvalue weighted by atomic mass is 10.1. The van der Waals surface area contributed by atoms with Gasteiger partial charge in [-0.15, -0.1) is 0 Å². The highest BCUT2D eigenvalue weighted by Crippen LogP contribution is 2.34. The summed E-state index contributed by atoms with van der Waals surface area (Å²) in [5, 5.41) is 3.51. The van der Waals surface area contributed by atoms with Crippen LogP contribution in [0.2, 0.25) is 10.0 Å². The summed E-state index contributed by atoms with van der Waals surface area (Å²) in [6.45, 7) is 4.79. The maximum Gasteiger partial charge on any atom is 0.244 e. The minimum absolute atomic E-state index is 0.00232. The van der Waals surface area contributed by atoms with Crippen LogP contribution < -0.4 is 19.1 Å². The average molecular weight is 575 g/mol. The normalized spacial score (nSPS) is 12.9. The second-order valence-electron chi connectivity index (χ2n) is 8.57. The van der Waals surface area contributed by atoms with Gasteiger partial charge in [-0.05, 0) is 50.1 Å². The van der Waals surface area contributed by atoms with Crippen molar-refractivity contribution in [2.24, 2.45) is 0 Å². The van der Waals surface area contributed by atoms with Crippen LogP contribution in [-0.4, -0.2) is 64.2 Å². The summed E-state index contributed by atoms with van der Waals surface area (Å²) in [6, 6.07) is 8.49. The number of ether oxygens (including phenoxy) is 2. The van der Waals surface area contributed by atoms with Gasteiger partial charge in [0.05, 0.1) is 36.2 Å². The molecule has 0 heterocycles. The number of benzene rings is 2. The summed E-state index contributed by atoms with van der Waals surface area (Å²) in [5.41, 5.74) is 0.750. The first-order valence-electron chi connectivity index (χ1n) is 11.6. The van der Waals surface area contributed by atoms with Crippen LogP contribution in [0.1, 0.15) is 32.8 Å². The summed E-state index contributed by atoms with van der Waals surface area (Å²) in [4.78, 5) is 28.0. The Hall–Kier alpha value is -2.69. The van der Waals surface area contributed by atoms with Crippen molar-refractivity contribution in [1.82, 2.24) is 10.2 Å². The van der Waals surface area contributed by atoms with Gasteiger partial charge in [0.25, 0.3) is 0 Å². The third kappa shape index (κ3) is 8.15. The van der Waals surface area contributed by atoms with E-state index in [9.17, 15) is 18.0 Å². The molecule has 12 heteroatoms. The molecule has 2 unspecified atom stereocenters. The maximum absolute atomic E-state index is 13.7. The lowest BCUT2D eigenvalue weighted by Crippen LogP contribution is -2.52. The van der Waals surface area contributed by atoms with E-state index in [4.69, 9.17) is 32.7 Å². The molecule has 0 aliphatic carbocycles. The first-order valence-corrected chi connectivity index (χ1v) is 14.2. The van der Waals surface area contributed by atoms with Gasteiger partial charge in [-0.1, -0.05) is 36.2 Å². The molecule has 2 rings (SSSR count). The number of carbonyl (C=O) groups is 2. The SMILES string of the molecule is CCC(C)NC(=O)C(C)N(Cc1ccc(Cl)c(Cl)c1)C(=O)CN(c1cc(OC)ccc1OC)S(C)(=O)=O. The summed E-state index contributed by atoms with van der Waals surface area (Å²) >= 11 is 12.2. The van der Waals surface area contributed by atoms with Crippen LogP contribution in [0, 0.1) is 0 Å². The number of rotatable bonds is 12. The van der Waals surface area contributed by atoms with E-state index in [1.807, 2.05) is 13.8 Å². The van der Waals surface area contributed by atoms with E-state index < -0.39 is 28.5 Å². The fourth-order valence-corrected chi connectivity index (χ4v) is 4.63. The molecular weight excluding hydrogens is 541 g/mol. The number of nitrogens with one attached hydrogen (secondary N) is 1. The maximum atomic E-state index is 13.7. The van der Waals surface area contributed by atoms with Crippen LogP contribution in [0.5, 0.6) is 11.5 Å². The van der Waals surface area contributed by atoms with Gasteiger partial charge in [-0.2, -0.15) is 0 Å². The molecule has 0 radical (unpaired) electrons. The van der Waals surface area contributed by atoms with Crippen LogP contribution in [-0.2, 0) is 26.2 Å².